The van der Waals surface area contributed by atoms with Gasteiger partial charge in [0.25, 0.3) is 5.91 Å². The second-order valence-electron chi connectivity index (χ2n) is 9.04. The Bertz CT molecular complexity index is 1000. The van der Waals surface area contributed by atoms with Crippen molar-refractivity contribution in [3.8, 4) is 0 Å². The summed E-state index contributed by atoms with van der Waals surface area (Å²) < 4.78 is 59.9. The van der Waals surface area contributed by atoms with Gasteiger partial charge in [-0.25, -0.2) is 23.8 Å². The number of nitrogens with zero attached hydrogens (tertiary/aromatic N) is 5. The summed E-state index contributed by atoms with van der Waals surface area (Å²) in [6.45, 7) is 3.08. The number of hydrogen-bond donors (Lipinski definition) is 2. The SMILES string of the molecule is CN1CCN(C(=O)N2CCN(c3c(F)cc(N4CC(CNC(=O)C(F)F)OC4=O)cc3F)CCN2)CC1. The molecule has 3 fully saturated rings. The first-order valence-electron chi connectivity index (χ1n) is 11.9. The van der Waals surface area contributed by atoms with E-state index in [1.165, 1.54) is 9.91 Å². The van der Waals surface area contributed by atoms with Crippen molar-refractivity contribution in [2.24, 2.45) is 0 Å². The molecular weight excluding hydrogens is 502 g/mol. The third-order valence-electron chi connectivity index (χ3n) is 6.49. The number of rotatable bonds is 5. The number of ether oxygens (including phenoxy) is 1. The Morgan fingerprint density at radius 1 is 1.08 bits per heavy atom. The number of hydrazine groups is 1. The van der Waals surface area contributed by atoms with Crippen molar-refractivity contribution < 1.29 is 36.7 Å². The molecular formula is C22H29F4N7O4. The van der Waals surface area contributed by atoms with E-state index in [4.69, 9.17) is 4.74 Å². The van der Waals surface area contributed by atoms with Crippen molar-refractivity contribution in [2.75, 3.05) is 82.3 Å². The molecule has 204 valence electrons. The normalized spacial score (nSPS) is 21.4. The molecule has 1 atom stereocenters. The number of benzene rings is 1. The van der Waals surface area contributed by atoms with Crippen molar-refractivity contribution in [1.29, 1.82) is 0 Å². The van der Waals surface area contributed by atoms with E-state index in [0.29, 0.717) is 13.1 Å². The lowest BCUT2D eigenvalue weighted by Crippen LogP contribution is -2.55. The first-order valence-corrected chi connectivity index (χ1v) is 11.9. The van der Waals surface area contributed by atoms with Gasteiger partial charge in [0, 0.05) is 57.9 Å². The smallest absolute Gasteiger partial charge is 0.414 e. The van der Waals surface area contributed by atoms with E-state index in [0.717, 1.165) is 30.1 Å². The predicted molar refractivity (Wildman–Crippen MR) is 124 cm³/mol. The molecule has 0 bridgehead atoms. The van der Waals surface area contributed by atoms with Crippen LogP contribution in [0.1, 0.15) is 0 Å². The van der Waals surface area contributed by atoms with Gasteiger partial charge >= 0.3 is 18.5 Å². The van der Waals surface area contributed by atoms with Crippen LogP contribution < -0.4 is 20.5 Å². The number of carbonyl (C=O) groups excluding carboxylic acids is 3. The summed E-state index contributed by atoms with van der Waals surface area (Å²) in [4.78, 5) is 42.4. The molecule has 3 aliphatic rings. The molecule has 11 nitrogen and oxygen atoms in total. The van der Waals surface area contributed by atoms with E-state index in [1.54, 1.807) is 4.90 Å². The molecule has 15 heteroatoms. The van der Waals surface area contributed by atoms with E-state index in [2.05, 4.69) is 10.3 Å². The molecule has 0 aromatic heterocycles. The molecule has 1 unspecified atom stereocenters. The fraction of sp³-hybridized carbons (Fsp3) is 0.591. The number of hydrogen-bond acceptors (Lipinski definition) is 7. The summed E-state index contributed by atoms with van der Waals surface area (Å²) in [5.74, 6) is -3.32. The minimum absolute atomic E-state index is 0.105. The van der Waals surface area contributed by atoms with Gasteiger partial charge in [0.1, 0.15) is 11.8 Å². The zero-order chi connectivity index (χ0) is 26.7. The first-order chi connectivity index (χ1) is 17.6. The van der Waals surface area contributed by atoms with Crippen LogP contribution in [-0.4, -0.2) is 118 Å². The van der Waals surface area contributed by atoms with Gasteiger partial charge in [-0.1, -0.05) is 0 Å². The van der Waals surface area contributed by atoms with Crippen molar-refractivity contribution in [3.05, 3.63) is 23.8 Å². The highest BCUT2D eigenvalue weighted by molar-refractivity contribution is 5.90. The number of amides is 4. The number of likely N-dealkylation sites (N-methyl/N-ethyl adjacent to an activating group) is 1. The van der Waals surface area contributed by atoms with Crippen molar-refractivity contribution in [1.82, 2.24) is 25.6 Å². The number of urea groups is 1. The van der Waals surface area contributed by atoms with Crippen LogP contribution >= 0.6 is 0 Å². The number of halogens is 4. The molecule has 0 spiro atoms. The lowest BCUT2D eigenvalue weighted by atomic mass is 10.2. The molecule has 0 saturated carbocycles. The highest BCUT2D eigenvalue weighted by Crippen LogP contribution is 2.31. The number of carbonyl (C=O) groups is 3. The van der Waals surface area contributed by atoms with E-state index < -0.39 is 36.2 Å². The zero-order valence-electron chi connectivity index (χ0n) is 20.3. The Morgan fingerprint density at radius 3 is 2.41 bits per heavy atom. The average Bonchev–Trinajstić information content (AvgIpc) is 3.06. The van der Waals surface area contributed by atoms with Crippen LogP contribution in [0.4, 0.5) is 38.5 Å². The maximum atomic E-state index is 15.1. The molecule has 0 aliphatic carbocycles. The number of nitrogens with one attached hydrogen (secondary N) is 2. The fourth-order valence-electron chi connectivity index (χ4n) is 4.43. The molecule has 1 aromatic carbocycles. The Morgan fingerprint density at radius 2 is 1.76 bits per heavy atom. The van der Waals surface area contributed by atoms with Crippen LogP contribution in [-0.2, 0) is 9.53 Å². The number of cyclic esters (lactones) is 1. The first kappa shape index (κ1) is 26.7. The molecule has 0 radical (unpaired) electrons. The zero-order valence-corrected chi connectivity index (χ0v) is 20.3. The third-order valence-corrected chi connectivity index (χ3v) is 6.49. The maximum Gasteiger partial charge on any atom is 0.414 e. The lowest BCUT2D eigenvalue weighted by molar-refractivity contribution is -0.132. The molecule has 4 amide bonds. The predicted octanol–water partition coefficient (Wildman–Crippen LogP) is 0.665. The molecule has 4 rings (SSSR count). The number of alkyl halides is 2. The standard InChI is InChI=1S/C22H29F4N7O4/c1-29-4-6-31(7-5-29)21(35)33-9-8-30(3-2-28-33)18-16(23)10-14(11-17(18)24)32-13-15(37-22(32)36)12-27-20(34)19(25)26/h10-11,15,19,28H,2-9,12-13H2,1H3,(H,27,34). The van der Waals surface area contributed by atoms with Crippen molar-refractivity contribution in [3.63, 3.8) is 0 Å². The fourth-order valence-corrected chi connectivity index (χ4v) is 4.43. The second kappa shape index (κ2) is 11.4. The molecule has 3 aliphatic heterocycles. The largest absolute Gasteiger partial charge is 0.442 e. The van der Waals surface area contributed by atoms with Gasteiger partial charge < -0.3 is 24.8 Å². The molecule has 37 heavy (non-hydrogen) atoms. The van der Waals surface area contributed by atoms with Gasteiger partial charge in [0.15, 0.2) is 11.6 Å². The molecule has 1 aromatic rings. The number of anilines is 2. The minimum atomic E-state index is -3.21. The van der Waals surface area contributed by atoms with Gasteiger partial charge in [0.2, 0.25) is 0 Å². The highest BCUT2D eigenvalue weighted by Gasteiger charge is 2.35. The van der Waals surface area contributed by atoms with Gasteiger partial charge in [-0.3, -0.25) is 14.7 Å². The molecule has 3 heterocycles. The van der Waals surface area contributed by atoms with Gasteiger partial charge in [-0.2, -0.15) is 8.78 Å². The minimum Gasteiger partial charge on any atom is -0.442 e. The third kappa shape index (κ3) is 6.15. The highest BCUT2D eigenvalue weighted by atomic mass is 19.3. The summed E-state index contributed by atoms with van der Waals surface area (Å²) in [6.07, 6.45) is -5.09. The Hall–Kier alpha value is -3.33. The summed E-state index contributed by atoms with van der Waals surface area (Å²) in [7, 11) is 1.99. The summed E-state index contributed by atoms with van der Waals surface area (Å²) >= 11 is 0. The van der Waals surface area contributed by atoms with Crippen molar-refractivity contribution in [2.45, 2.75) is 12.5 Å². The van der Waals surface area contributed by atoms with Gasteiger partial charge in [-0.05, 0) is 7.05 Å². The average molecular weight is 532 g/mol. The quantitative estimate of drug-likeness (QED) is 0.539. The van der Waals surface area contributed by atoms with Crippen LogP contribution in [0.2, 0.25) is 0 Å². The van der Waals surface area contributed by atoms with E-state index in [-0.39, 0.29) is 56.7 Å². The molecule has 3 saturated heterocycles. The monoisotopic (exact) mass is 531 g/mol. The topological polar surface area (TPSA) is 101 Å². The van der Waals surface area contributed by atoms with Crippen LogP contribution in [0.25, 0.3) is 0 Å². The Labute approximate surface area is 210 Å². The van der Waals surface area contributed by atoms with Gasteiger partial charge in [-0.15, -0.1) is 0 Å². The summed E-state index contributed by atoms with van der Waals surface area (Å²) in [5.41, 5.74) is 2.63. The maximum absolute atomic E-state index is 15.1. The van der Waals surface area contributed by atoms with Crippen LogP contribution in [0.15, 0.2) is 12.1 Å². The summed E-state index contributed by atoms with van der Waals surface area (Å²) in [6, 6.07) is 1.80. The van der Waals surface area contributed by atoms with Crippen molar-refractivity contribution >= 4 is 29.4 Å². The van der Waals surface area contributed by atoms with Crippen LogP contribution in [0.3, 0.4) is 0 Å². The van der Waals surface area contributed by atoms with E-state index in [9.17, 15) is 23.2 Å². The van der Waals surface area contributed by atoms with Crippen LogP contribution in [0, 0.1) is 11.6 Å². The molecule has 2 N–H and O–H groups in total. The van der Waals surface area contributed by atoms with E-state index in [1.807, 2.05) is 12.4 Å². The van der Waals surface area contributed by atoms with Gasteiger partial charge in [0.05, 0.1) is 25.3 Å². The Kier molecular flexibility index (Phi) is 8.22. The Balaban J connectivity index is 1.39. The van der Waals surface area contributed by atoms with E-state index >= 15 is 8.78 Å². The van der Waals surface area contributed by atoms with Crippen LogP contribution in [0.5, 0.6) is 0 Å². The summed E-state index contributed by atoms with van der Waals surface area (Å²) in [5, 5.41) is 3.41. The lowest BCUT2D eigenvalue weighted by Gasteiger charge is -2.35. The second-order valence-corrected chi connectivity index (χ2v) is 9.04. The number of piperazine rings is 1.